The molecule has 0 bridgehead atoms. The predicted octanol–water partition coefficient (Wildman–Crippen LogP) is 2.59. The van der Waals surface area contributed by atoms with E-state index < -0.39 is 0 Å². The predicted molar refractivity (Wildman–Crippen MR) is 106 cm³/mol. The fraction of sp³-hybridized carbons (Fsp3) is 0.263. The molecule has 1 saturated heterocycles. The summed E-state index contributed by atoms with van der Waals surface area (Å²) in [5.41, 5.74) is 1.81. The lowest BCUT2D eigenvalue weighted by Crippen LogP contribution is -2.49. The van der Waals surface area contributed by atoms with E-state index in [0.717, 1.165) is 15.7 Å². The number of aromatic nitrogens is 4. The van der Waals surface area contributed by atoms with Gasteiger partial charge in [-0.15, -0.1) is 10.2 Å². The van der Waals surface area contributed by atoms with E-state index in [0.29, 0.717) is 32.0 Å². The molecular weight excluding hydrogens is 427 g/mol. The maximum absolute atomic E-state index is 13.1. The van der Waals surface area contributed by atoms with Crippen molar-refractivity contribution in [2.45, 2.75) is 6.54 Å². The monoisotopic (exact) mass is 444 g/mol. The summed E-state index contributed by atoms with van der Waals surface area (Å²) in [6.45, 7) is 2.66. The highest BCUT2D eigenvalue weighted by Gasteiger charge is 2.22. The largest absolute Gasteiger partial charge is 0.368 e. The SMILES string of the molecule is O=C(Cn1nnc(-c2ccc(Br)cc2)n1)N1CCN(c2ccc(F)cc2)CC1. The van der Waals surface area contributed by atoms with Gasteiger partial charge in [0, 0.05) is 41.9 Å². The number of anilines is 1. The first-order chi connectivity index (χ1) is 13.6. The fourth-order valence-corrected chi connectivity index (χ4v) is 3.38. The van der Waals surface area contributed by atoms with Crippen molar-refractivity contribution in [3.63, 3.8) is 0 Å². The van der Waals surface area contributed by atoms with Crippen molar-refractivity contribution in [2.75, 3.05) is 31.1 Å². The van der Waals surface area contributed by atoms with Crippen LogP contribution in [0.3, 0.4) is 0 Å². The lowest BCUT2D eigenvalue weighted by Gasteiger charge is -2.36. The molecular formula is C19H18BrFN6O. The summed E-state index contributed by atoms with van der Waals surface area (Å²) in [4.78, 5) is 17.8. The third-order valence-electron chi connectivity index (χ3n) is 4.66. The van der Waals surface area contributed by atoms with Crippen LogP contribution in [0.15, 0.2) is 53.0 Å². The maximum Gasteiger partial charge on any atom is 0.246 e. The van der Waals surface area contributed by atoms with Gasteiger partial charge in [-0.1, -0.05) is 15.9 Å². The number of piperazine rings is 1. The van der Waals surface area contributed by atoms with Crippen LogP contribution in [-0.2, 0) is 11.3 Å². The smallest absolute Gasteiger partial charge is 0.246 e. The van der Waals surface area contributed by atoms with Gasteiger partial charge in [-0.2, -0.15) is 4.80 Å². The maximum atomic E-state index is 13.1. The Balaban J connectivity index is 1.33. The Labute approximate surface area is 169 Å². The van der Waals surface area contributed by atoms with Crippen LogP contribution in [-0.4, -0.2) is 57.2 Å². The van der Waals surface area contributed by atoms with Crippen LogP contribution in [0.2, 0.25) is 0 Å². The molecule has 1 aliphatic rings. The van der Waals surface area contributed by atoms with E-state index >= 15 is 0 Å². The molecule has 0 N–H and O–H groups in total. The summed E-state index contributed by atoms with van der Waals surface area (Å²) in [7, 11) is 0. The van der Waals surface area contributed by atoms with Gasteiger partial charge in [0.25, 0.3) is 0 Å². The van der Waals surface area contributed by atoms with Crippen LogP contribution in [0.4, 0.5) is 10.1 Å². The Morgan fingerprint density at radius 1 is 1.00 bits per heavy atom. The van der Waals surface area contributed by atoms with Crippen molar-refractivity contribution in [1.82, 2.24) is 25.1 Å². The van der Waals surface area contributed by atoms with Gasteiger partial charge in [-0.3, -0.25) is 4.79 Å². The van der Waals surface area contributed by atoms with Crippen LogP contribution in [0, 0.1) is 5.82 Å². The molecule has 7 nitrogen and oxygen atoms in total. The standard InChI is InChI=1S/C19H18BrFN6O/c20-15-3-1-14(2-4-15)19-22-24-27(23-19)13-18(28)26-11-9-25(10-12-26)17-7-5-16(21)6-8-17/h1-8H,9-13H2. The minimum absolute atomic E-state index is 0.0430. The van der Waals surface area contributed by atoms with E-state index in [4.69, 9.17) is 0 Å². The van der Waals surface area contributed by atoms with Gasteiger partial charge in [0.1, 0.15) is 12.4 Å². The van der Waals surface area contributed by atoms with E-state index in [1.54, 1.807) is 17.0 Å². The summed E-state index contributed by atoms with van der Waals surface area (Å²) >= 11 is 3.39. The van der Waals surface area contributed by atoms with Gasteiger partial charge in [0.2, 0.25) is 11.7 Å². The molecule has 144 valence electrons. The summed E-state index contributed by atoms with van der Waals surface area (Å²) in [6, 6.07) is 14.0. The molecule has 1 amide bonds. The lowest BCUT2D eigenvalue weighted by atomic mass is 10.2. The molecule has 0 saturated carbocycles. The summed E-state index contributed by atoms with van der Waals surface area (Å²) in [5, 5.41) is 12.3. The Kier molecular flexibility index (Phi) is 5.34. The number of amides is 1. The Bertz CT molecular complexity index is 951. The summed E-state index contributed by atoms with van der Waals surface area (Å²) < 4.78 is 14.0. The molecule has 0 atom stereocenters. The lowest BCUT2D eigenvalue weighted by molar-refractivity contribution is -0.132. The van der Waals surface area contributed by atoms with Crippen molar-refractivity contribution in [3.05, 3.63) is 58.8 Å². The first kappa shape index (κ1) is 18.5. The first-order valence-corrected chi connectivity index (χ1v) is 9.70. The molecule has 3 aromatic rings. The fourth-order valence-electron chi connectivity index (χ4n) is 3.11. The van der Waals surface area contributed by atoms with Gasteiger partial charge in [0.15, 0.2) is 0 Å². The van der Waals surface area contributed by atoms with Crippen LogP contribution in [0.25, 0.3) is 11.4 Å². The second-order valence-corrected chi connectivity index (χ2v) is 7.41. The van der Waals surface area contributed by atoms with Crippen molar-refractivity contribution in [2.24, 2.45) is 0 Å². The molecule has 2 aromatic carbocycles. The van der Waals surface area contributed by atoms with Crippen molar-refractivity contribution in [3.8, 4) is 11.4 Å². The molecule has 2 heterocycles. The molecule has 1 aromatic heterocycles. The number of carbonyl (C=O) groups excluding carboxylic acids is 1. The number of nitrogens with zero attached hydrogens (tertiary/aromatic N) is 6. The zero-order valence-corrected chi connectivity index (χ0v) is 16.6. The van der Waals surface area contributed by atoms with E-state index in [2.05, 4.69) is 36.2 Å². The van der Waals surface area contributed by atoms with Gasteiger partial charge in [-0.25, -0.2) is 4.39 Å². The number of carbonyl (C=O) groups is 1. The molecule has 28 heavy (non-hydrogen) atoms. The number of tetrazole rings is 1. The van der Waals surface area contributed by atoms with Crippen LogP contribution >= 0.6 is 15.9 Å². The third-order valence-corrected chi connectivity index (χ3v) is 5.18. The van der Waals surface area contributed by atoms with Crippen molar-refractivity contribution in [1.29, 1.82) is 0 Å². The molecule has 0 aliphatic carbocycles. The molecule has 0 radical (unpaired) electrons. The molecule has 1 aliphatic heterocycles. The van der Waals surface area contributed by atoms with Gasteiger partial charge in [0.05, 0.1) is 0 Å². The second kappa shape index (κ2) is 8.05. The van der Waals surface area contributed by atoms with E-state index in [-0.39, 0.29) is 18.3 Å². The minimum atomic E-state index is -0.250. The summed E-state index contributed by atoms with van der Waals surface area (Å²) in [5.74, 6) is 0.195. The van der Waals surface area contributed by atoms with Crippen molar-refractivity contribution < 1.29 is 9.18 Å². The number of hydrogen-bond acceptors (Lipinski definition) is 5. The summed E-state index contributed by atoms with van der Waals surface area (Å²) in [6.07, 6.45) is 0. The number of halogens is 2. The van der Waals surface area contributed by atoms with Gasteiger partial charge in [-0.05, 0) is 53.7 Å². The first-order valence-electron chi connectivity index (χ1n) is 8.90. The van der Waals surface area contributed by atoms with Crippen molar-refractivity contribution >= 4 is 27.5 Å². The average molecular weight is 445 g/mol. The Hall–Kier alpha value is -2.81. The highest BCUT2D eigenvalue weighted by atomic mass is 79.9. The van der Waals surface area contributed by atoms with E-state index in [1.165, 1.54) is 16.9 Å². The topological polar surface area (TPSA) is 67.2 Å². The van der Waals surface area contributed by atoms with E-state index in [1.807, 2.05) is 24.3 Å². The molecule has 0 spiro atoms. The van der Waals surface area contributed by atoms with Gasteiger partial charge < -0.3 is 9.80 Å². The highest BCUT2D eigenvalue weighted by Crippen LogP contribution is 2.18. The number of benzene rings is 2. The average Bonchev–Trinajstić information content (AvgIpc) is 3.18. The zero-order valence-electron chi connectivity index (χ0n) is 15.0. The zero-order chi connectivity index (χ0) is 19.5. The Morgan fingerprint density at radius 2 is 1.68 bits per heavy atom. The Morgan fingerprint density at radius 3 is 2.36 bits per heavy atom. The molecule has 4 rings (SSSR count). The molecule has 1 fully saturated rings. The van der Waals surface area contributed by atoms with Crippen LogP contribution < -0.4 is 4.90 Å². The highest BCUT2D eigenvalue weighted by molar-refractivity contribution is 9.10. The van der Waals surface area contributed by atoms with Gasteiger partial charge >= 0.3 is 0 Å². The van der Waals surface area contributed by atoms with E-state index in [9.17, 15) is 9.18 Å². The minimum Gasteiger partial charge on any atom is -0.368 e. The molecule has 0 unspecified atom stereocenters. The molecule has 9 heteroatoms. The second-order valence-electron chi connectivity index (χ2n) is 6.49. The third kappa shape index (κ3) is 4.19. The number of hydrogen-bond donors (Lipinski definition) is 0. The normalized spacial score (nSPS) is 14.4. The van der Waals surface area contributed by atoms with Crippen LogP contribution in [0.1, 0.15) is 0 Å². The number of rotatable bonds is 4. The quantitative estimate of drug-likeness (QED) is 0.618. The van der Waals surface area contributed by atoms with Crippen LogP contribution in [0.5, 0.6) is 0 Å².